The lowest BCUT2D eigenvalue weighted by Gasteiger charge is -2.52. The lowest BCUT2D eigenvalue weighted by atomic mass is 9.64. The molecule has 2 heteroatoms. The van der Waals surface area contributed by atoms with Gasteiger partial charge in [-0.2, -0.15) is 0 Å². The minimum atomic E-state index is 0.313. The Kier molecular flexibility index (Phi) is 5.94. The third kappa shape index (κ3) is 4.26. The van der Waals surface area contributed by atoms with Crippen LogP contribution in [0.5, 0.6) is 0 Å². The first-order chi connectivity index (χ1) is 7.98. The van der Waals surface area contributed by atoms with Gasteiger partial charge in [-0.1, -0.05) is 34.6 Å². The van der Waals surface area contributed by atoms with Crippen LogP contribution >= 0.6 is 0 Å². The van der Waals surface area contributed by atoms with Gasteiger partial charge in [-0.3, -0.25) is 0 Å². The summed E-state index contributed by atoms with van der Waals surface area (Å²) < 4.78 is 6.01. The monoisotopic (exact) mass is 241 g/mol. The van der Waals surface area contributed by atoms with Crippen molar-refractivity contribution in [2.24, 2.45) is 11.3 Å². The highest BCUT2D eigenvalue weighted by Crippen LogP contribution is 2.42. The lowest BCUT2D eigenvalue weighted by Crippen LogP contribution is -2.61. The van der Waals surface area contributed by atoms with Crippen LogP contribution in [0.4, 0.5) is 0 Å². The third-order valence-corrected chi connectivity index (χ3v) is 4.06. The maximum Gasteiger partial charge on any atom is 0.0655 e. The molecule has 0 spiro atoms. The molecule has 0 heterocycles. The Bertz CT molecular complexity index is 213. The number of hydrogen-bond donors (Lipinski definition) is 1. The molecule has 2 nitrogen and oxygen atoms in total. The molecule has 0 bridgehead atoms. The number of ether oxygens (including phenoxy) is 1. The highest BCUT2D eigenvalue weighted by atomic mass is 16.5. The maximum absolute atomic E-state index is 6.01. The molecular weight excluding hydrogens is 210 g/mol. The second kappa shape index (κ2) is 6.75. The van der Waals surface area contributed by atoms with Crippen LogP contribution in [0.3, 0.4) is 0 Å². The Balaban J connectivity index is 2.15. The molecule has 1 fully saturated rings. The standard InChI is InChI=1S/C15H31NO/c1-6-9-16-13-11-14(15(13,4)5)17-10-7-8-12(2)3/h12-14,16H,6-11H2,1-5H3. The van der Waals surface area contributed by atoms with Crippen molar-refractivity contribution in [2.75, 3.05) is 13.2 Å². The van der Waals surface area contributed by atoms with E-state index in [2.05, 4.69) is 39.9 Å². The minimum Gasteiger partial charge on any atom is -0.378 e. The second-order valence-electron chi connectivity index (χ2n) is 6.46. The van der Waals surface area contributed by atoms with Crippen molar-refractivity contribution in [2.45, 2.75) is 72.4 Å². The summed E-state index contributed by atoms with van der Waals surface area (Å²) in [6.45, 7) is 13.5. The van der Waals surface area contributed by atoms with Gasteiger partial charge in [0.25, 0.3) is 0 Å². The largest absolute Gasteiger partial charge is 0.378 e. The number of rotatable bonds is 8. The van der Waals surface area contributed by atoms with Crippen LogP contribution in [0.15, 0.2) is 0 Å². The molecule has 102 valence electrons. The number of hydrogen-bond acceptors (Lipinski definition) is 2. The molecule has 2 unspecified atom stereocenters. The van der Waals surface area contributed by atoms with Crippen molar-refractivity contribution < 1.29 is 4.74 Å². The molecule has 1 aliphatic rings. The summed E-state index contributed by atoms with van der Waals surface area (Å²) in [6.07, 6.45) is 5.35. The fourth-order valence-corrected chi connectivity index (χ4v) is 2.55. The average molecular weight is 241 g/mol. The molecule has 1 saturated carbocycles. The predicted molar refractivity (Wildman–Crippen MR) is 74.3 cm³/mol. The van der Waals surface area contributed by atoms with E-state index in [9.17, 15) is 0 Å². The maximum atomic E-state index is 6.01. The fourth-order valence-electron chi connectivity index (χ4n) is 2.55. The summed E-state index contributed by atoms with van der Waals surface area (Å²) in [5, 5.41) is 3.62. The zero-order valence-electron chi connectivity index (χ0n) is 12.4. The molecule has 0 aromatic heterocycles. The van der Waals surface area contributed by atoms with Crippen molar-refractivity contribution in [1.29, 1.82) is 0 Å². The molecule has 2 atom stereocenters. The van der Waals surface area contributed by atoms with Crippen LogP contribution in [-0.4, -0.2) is 25.3 Å². The van der Waals surface area contributed by atoms with E-state index >= 15 is 0 Å². The van der Waals surface area contributed by atoms with E-state index in [0.29, 0.717) is 17.6 Å². The normalized spacial score (nSPS) is 27.2. The van der Waals surface area contributed by atoms with E-state index in [1.54, 1.807) is 0 Å². The molecule has 1 N–H and O–H groups in total. The van der Waals surface area contributed by atoms with Gasteiger partial charge in [-0.15, -0.1) is 0 Å². The van der Waals surface area contributed by atoms with Crippen LogP contribution in [-0.2, 0) is 4.74 Å². The molecule has 0 aromatic carbocycles. The minimum absolute atomic E-state index is 0.313. The Morgan fingerprint density at radius 1 is 1.35 bits per heavy atom. The van der Waals surface area contributed by atoms with E-state index < -0.39 is 0 Å². The van der Waals surface area contributed by atoms with Crippen molar-refractivity contribution in [3.63, 3.8) is 0 Å². The van der Waals surface area contributed by atoms with E-state index in [4.69, 9.17) is 4.74 Å². The van der Waals surface area contributed by atoms with Gasteiger partial charge in [-0.05, 0) is 38.1 Å². The highest BCUT2D eigenvalue weighted by molar-refractivity contribution is 5.02. The second-order valence-corrected chi connectivity index (χ2v) is 6.46. The summed E-state index contributed by atoms with van der Waals surface area (Å²) in [7, 11) is 0. The van der Waals surface area contributed by atoms with Gasteiger partial charge in [0.1, 0.15) is 0 Å². The summed E-state index contributed by atoms with van der Waals surface area (Å²) >= 11 is 0. The summed E-state index contributed by atoms with van der Waals surface area (Å²) in [6, 6.07) is 0.651. The lowest BCUT2D eigenvalue weighted by molar-refractivity contribution is -0.118. The first kappa shape index (κ1) is 15.0. The van der Waals surface area contributed by atoms with Crippen LogP contribution in [0.2, 0.25) is 0 Å². The highest BCUT2D eigenvalue weighted by Gasteiger charge is 2.48. The fraction of sp³-hybridized carbons (Fsp3) is 1.00. The zero-order chi connectivity index (χ0) is 12.9. The van der Waals surface area contributed by atoms with Crippen LogP contribution < -0.4 is 5.32 Å². The smallest absolute Gasteiger partial charge is 0.0655 e. The van der Waals surface area contributed by atoms with Gasteiger partial charge >= 0.3 is 0 Å². The van der Waals surface area contributed by atoms with Crippen LogP contribution in [0.25, 0.3) is 0 Å². The van der Waals surface area contributed by atoms with E-state index in [-0.39, 0.29) is 0 Å². The van der Waals surface area contributed by atoms with Gasteiger partial charge in [0.15, 0.2) is 0 Å². The van der Waals surface area contributed by atoms with Crippen molar-refractivity contribution in [3.05, 3.63) is 0 Å². The zero-order valence-corrected chi connectivity index (χ0v) is 12.4. The molecule has 0 radical (unpaired) electrons. The first-order valence-corrected chi connectivity index (χ1v) is 7.33. The molecular formula is C15H31NO. The molecule has 0 aliphatic heterocycles. The van der Waals surface area contributed by atoms with Crippen molar-refractivity contribution >= 4 is 0 Å². The molecule has 0 saturated heterocycles. The molecule has 1 aliphatic carbocycles. The molecule has 1 rings (SSSR count). The summed E-state index contributed by atoms with van der Waals surface area (Å²) in [4.78, 5) is 0. The molecule has 0 amide bonds. The van der Waals surface area contributed by atoms with Gasteiger partial charge in [0.2, 0.25) is 0 Å². The summed E-state index contributed by atoms with van der Waals surface area (Å²) in [5.41, 5.74) is 0.313. The Labute approximate surface area is 108 Å². The predicted octanol–water partition coefficient (Wildman–Crippen LogP) is 3.61. The third-order valence-electron chi connectivity index (χ3n) is 4.06. The van der Waals surface area contributed by atoms with Gasteiger partial charge < -0.3 is 10.1 Å². The van der Waals surface area contributed by atoms with E-state index in [0.717, 1.165) is 19.1 Å². The van der Waals surface area contributed by atoms with Crippen LogP contribution in [0.1, 0.15) is 60.3 Å². The first-order valence-electron chi connectivity index (χ1n) is 7.33. The van der Waals surface area contributed by atoms with E-state index in [1.807, 2.05) is 0 Å². The van der Waals surface area contributed by atoms with Gasteiger partial charge in [-0.25, -0.2) is 0 Å². The van der Waals surface area contributed by atoms with Gasteiger partial charge in [0, 0.05) is 18.1 Å². The van der Waals surface area contributed by atoms with Crippen molar-refractivity contribution in [3.8, 4) is 0 Å². The SMILES string of the molecule is CCCNC1CC(OCCCC(C)C)C1(C)C. The number of nitrogens with one attached hydrogen (secondary N) is 1. The summed E-state index contributed by atoms with van der Waals surface area (Å²) in [5.74, 6) is 0.798. The molecule has 17 heavy (non-hydrogen) atoms. The Morgan fingerprint density at radius 2 is 2.06 bits per heavy atom. The Morgan fingerprint density at radius 3 is 2.59 bits per heavy atom. The van der Waals surface area contributed by atoms with E-state index in [1.165, 1.54) is 25.7 Å². The quantitative estimate of drug-likeness (QED) is 0.656. The van der Waals surface area contributed by atoms with Gasteiger partial charge in [0.05, 0.1) is 6.10 Å². The molecule has 0 aromatic rings. The van der Waals surface area contributed by atoms with Crippen LogP contribution in [0, 0.1) is 11.3 Å². The van der Waals surface area contributed by atoms with Crippen molar-refractivity contribution in [1.82, 2.24) is 5.32 Å². The topological polar surface area (TPSA) is 21.3 Å². The average Bonchev–Trinajstić information content (AvgIpc) is 2.25. The Hall–Kier alpha value is -0.0800.